The third kappa shape index (κ3) is 5.93. The number of rotatable bonds is 6. The normalized spacial score (nSPS) is 25.5. The first-order chi connectivity index (χ1) is 21.4. The molecular formula is C38H40O5S2. The third-order valence-corrected chi connectivity index (χ3v) is 14.7. The fourth-order valence-corrected chi connectivity index (χ4v) is 11.9. The zero-order valence-electron chi connectivity index (χ0n) is 26.2. The van der Waals surface area contributed by atoms with E-state index in [2.05, 4.69) is 0 Å². The summed E-state index contributed by atoms with van der Waals surface area (Å²) in [7, 11) is -7.75. The van der Waals surface area contributed by atoms with Crippen molar-refractivity contribution in [2.45, 2.75) is 79.1 Å². The smallest absolute Gasteiger partial charge is 0.182 e. The molecule has 2 saturated carbocycles. The highest BCUT2D eigenvalue weighted by molar-refractivity contribution is 7.92. The van der Waals surface area contributed by atoms with E-state index >= 15 is 0 Å². The minimum absolute atomic E-state index is 0.0487. The minimum atomic E-state index is -3.90. The van der Waals surface area contributed by atoms with Crippen molar-refractivity contribution in [3.63, 3.8) is 0 Å². The van der Waals surface area contributed by atoms with Crippen LogP contribution in [-0.2, 0) is 24.5 Å². The van der Waals surface area contributed by atoms with Crippen molar-refractivity contribution < 1.29 is 21.6 Å². The monoisotopic (exact) mass is 640 g/mol. The summed E-state index contributed by atoms with van der Waals surface area (Å²) in [6, 6.07) is 29.5. The van der Waals surface area contributed by atoms with Crippen LogP contribution in [0.4, 0.5) is 0 Å². The van der Waals surface area contributed by atoms with E-state index in [1.54, 1.807) is 48.5 Å². The number of hydrogen-bond donors (Lipinski definition) is 0. The molecule has 0 heterocycles. The van der Waals surface area contributed by atoms with Crippen LogP contribution in [-0.4, -0.2) is 33.1 Å². The molecule has 7 heteroatoms. The Bertz CT molecular complexity index is 1910. The highest BCUT2D eigenvalue weighted by Gasteiger charge is 2.56. The maximum atomic E-state index is 14.7. The topological polar surface area (TPSA) is 85.3 Å². The van der Waals surface area contributed by atoms with E-state index in [4.69, 9.17) is 0 Å². The van der Waals surface area contributed by atoms with E-state index in [0.29, 0.717) is 0 Å². The Morgan fingerprint density at radius 3 is 1.36 bits per heavy atom. The molecule has 0 saturated heterocycles. The molecule has 2 aliphatic rings. The highest BCUT2D eigenvalue weighted by Crippen LogP contribution is 2.54. The summed E-state index contributed by atoms with van der Waals surface area (Å²) in [5.41, 5.74) is 5.71. The summed E-state index contributed by atoms with van der Waals surface area (Å²) in [5.74, 6) is -2.27. The van der Waals surface area contributed by atoms with Crippen LogP contribution < -0.4 is 0 Å². The van der Waals surface area contributed by atoms with Crippen molar-refractivity contribution in [1.29, 1.82) is 0 Å². The second-order valence-corrected chi connectivity index (χ2v) is 17.4. The van der Waals surface area contributed by atoms with Gasteiger partial charge in [0.25, 0.3) is 0 Å². The van der Waals surface area contributed by atoms with E-state index < -0.39 is 53.8 Å². The molecule has 0 N–H and O–H groups in total. The Kier molecular flexibility index (Phi) is 8.38. The summed E-state index contributed by atoms with van der Waals surface area (Å²) < 4.78 is 58.1. The summed E-state index contributed by atoms with van der Waals surface area (Å²) in [6.45, 7) is 7.80. The number of fused-ring (bicyclic) bond motifs is 1. The number of sulfone groups is 2. The van der Waals surface area contributed by atoms with Gasteiger partial charge in [0.05, 0.1) is 20.3 Å². The Labute approximate surface area is 267 Å². The molecule has 2 fully saturated rings. The molecule has 4 aromatic rings. The molecule has 0 aliphatic heterocycles. The van der Waals surface area contributed by atoms with Crippen molar-refractivity contribution in [1.82, 2.24) is 0 Å². The van der Waals surface area contributed by atoms with Gasteiger partial charge in [-0.1, -0.05) is 95.1 Å². The van der Waals surface area contributed by atoms with Crippen LogP contribution in [0.25, 0.3) is 0 Å². The molecule has 6 rings (SSSR count). The van der Waals surface area contributed by atoms with Crippen LogP contribution >= 0.6 is 0 Å². The fraction of sp³-hybridized carbons (Fsp3) is 0.342. The zero-order chi connectivity index (χ0) is 32.1. The number of aryl methyl sites for hydroxylation is 4. The van der Waals surface area contributed by atoms with Crippen LogP contribution in [0.3, 0.4) is 0 Å². The van der Waals surface area contributed by atoms with Gasteiger partial charge in [0.2, 0.25) is 0 Å². The minimum Gasteiger partial charge on any atom is -0.299 e. The number of hydrogen-bond acceptors (Lipinski definition) is 5. The molecule has 0 radical (unpaired) electrons. The summed E-state index contributed by atoms with van der Waals surface area (Å²) in [4.78, 5) is 14.6. The molecule has 6 atom stereocenters. The highest BCUT2D eigenvalue weighted by atomic mass is 32.2. The number of carbonyl (C=O) groups is 1. The average Bonchev–Trinajstić information content (AvgIpc) is 3.01. The van der Waals surface area contributed by atoms with Gasteiger partial charge in [-0.25, -0.2) is 16.8 Å². The standard InChI is InChI=1S/C38H40O5S2/c1-24-5-13-28(14-6-24)32-21-35-34(23-37(32)44(40,41)30-17-9-26(3)10-18-30)36(39)22-33(29-15-7-25(2)8-16-29)38(35)45(42,43)31-19-11-27(4)12-20-31/h5-20,32-35,37-38H,21-23H2,1-4H3/t32-,33-,34+,35-,37?,38?/m0/s1. The molecule has 0 bridgehead atoms. The van der Waals surface area contributed by atoms with Crippen molar-refractivity contribution in [3.05, 3.63) is 130 Å². The number of ketones is 1. The van der Waals surface area contributed by atoms with E-state index in [0.717, 1.165) is 33.4 Å². The first kappa shape index (κ1) is 31.4. The molecule has 0 spiro atoms. The fourth-order valence-electron chi connectivity index (χ4n) is 7.58. The molecular weight excluding hydrogens is 601 g/mol. The maximum absolute atomic E-state index is 14.7. The van der Waals surface area contributed by atoms with Gasteiger partial charge in [-0.15, -0.1) is 0 Å². The lowest BCUT2D eigenvalue weighted by atomic mass is 9.61. The van der Waals surface area contributed by atoms with Crippen LogP contribution in [0.15, 0.2) is 107 Å². The first-order valence-corrected chi connectivity index (χ1v) is 18.7. The van der Waals surface area contributed by atoms with Gasteiger partial charge in [-0.2, -0.15) is 0 Å². The van der Waals surface area contributed by atoms with Crippen molar-refractivity contribution in [3.8, 4) is 0 Å². The summed E-state index contributed by atoms with van der Waals surface area (Å²) in [6.07, 6.45) is 0.443. The van der Waals surface area contributed by atoms with Gasteiger partial charge in [-0.3, -0.25) is 4.79 Å². The van der Waals surface area contributed by atoms with Crippen molar-refractivity contribution >= 4 is 25.5 Å². The number of benzene rings is 4. The molecule has 2 aliphatic carbocycles. The van der Waals surface area contributed by atoms with Gasteiger partial charge < -0.3 is 0 Å². The summed E-state index contributed by atoms with van der Waals surface area (Å²) in [5, 5.41) is -1.73. The Morgan fingerprint density at radius 2 is 0.889 bits per heavy atom. The molecule has 0 aromatic heterocycles. The van der Waals surface area contributed by atoms with Gasteiger partial charge in [-0.05, 0) is 81.8 Å². The van der Waals surface area contributed by atoms with Crippen LogP contribution in [0.2, 0.25) is 0 Å². The lowest BCUT2D eigenvalue weighted by Gasteiger charge is -2.48. The SMILES string of the molecule is Cc1ccc([C@@H]2C[C@@H]3C(S(=O)(=O)c4ccc(C)cc4)[C@H](c4ccc(C)cc4)CC(=O)[C@@H]3CC2S(=O)(=O)c2ccc(C)cc2)cc1. The van der Waals surface area contributed by atoms with Gasteiger partial charge in [0.1, 0.15) is 5.78 Å². The molecule has 4 aromatic carbocycles. The predicted octanol–water partition coefficient (Wildman–Crippen LogP) is 7.47. The number of carbonyl (C=O) groups excluding carboxylic acids is 1. The Hall–Kier alpha value is -3.55. The van der Waals surface area contributed by atoms with E-state index in [1.807, 2.05) is 76.2 Å². The lowest BCUT2D eigenvalue weighted by Crippen LogP contribution is -2.53. The van der Waals surface area contributed by atoms with Gasteiger partial charge in [0.15, 0.2) is 19.7 Å². The molecule has 0 amide bonds. The van der Waals surface area contributed by atoms with Crippen LogP contribution in [0, 0.1) is 39.5 Å². The quantitative estimate of drug-likeness (QED) is 0.218. The Balaban J connectivity index is 1.51. The second kappa shape index (κ2) is 12.0. The maximum Gasteiger partial charge on any atom is 0.182 e. The van der Waals surface area contributed by atoms with Crippen molar-refractivity contribution in [2.75, 3.05) is 0 Å². The predicted molar refractivity (Wildman–Crippen MR) is 178 cm³/mol. The molecule has 2 unspecified atom stereocenters. The van der Waals surface area contributed by atoms with Crippen LogP contribution in [0.5, 0.6) is 0 Å². The largest absolute Gasteiger partial charge is 0.299 e. The van der Waals surface area contributed by atoms with Crippen LogP contribution in [0.1, 0.15) is 64.5 Å². The summed E-state index contributed by atoms with van der Waals surface area (Å²) >= 11 is 0. The molecule has 5 nitrogen and oxygen atoms in total. The third-order valence-electron chi connectivity index (χ3n) is 10.1. The molecule has 45 heavy (non-hydrogen) atoms. The second-order valence-electron chi connectivity index (χ2n) is 13.2. The molecule has 234 valence electrons. The van der Waals surface area contributed by atoms with Gasteiger partial charge in [0, 0.05) is 24.2 Å². The number of Topliss-reactive ketones (excluding diaryl/α,β-unsaturated/α-hetero) is 1. The van der Waals surface area contributed by atoms with E-state index in [1.165, 1.54) is 0 Å². The van der Waals surface area contributed by atoms with E-state index in [-0.39, 0.29) is 34.8 Å². The van der Waals surface area contributed by atoms with Gasteiger partial charge >= 0.3 is 0 Å². The zero-order valence-corrected chi connectivity index (χ0v) is 27.8. The average molecular weight is 641 g/mol. The lowest BCUT2D eigenvalue weighted by molar-refractivity contribution is -0.128. The Morgan fingerprint density at radius 1 is 0.489 bits per heavy atom. The van der Waals surface area contributed by atoms with Crippen molar-refractivity contribution in [2.24, 2.45) is 11.8 Å². The first-order valence-electron chi connectivity index (χ1n) is 15.6. The van der Waals surface area contributed by atoms with E-state index in [9.17, 15) is 21.6 Å².